The highest BCUT2D eigenvalue weighted by molar-refractivity contribution is 7.90. The van der Waals surface area contributed by atoms with Crippen molar-refractivity contribution in [2.45, 2.75) is 13.5 Å². The first kappa shape index (κ1) is 12.3. The van der Waals surface area contributed by atoms with E-state index >= 15 is 0 Å². The molecule has 2 N–H and O–H groups in total. The lowest BCUT2D eigenvalue weighted by Gasteiger charge is -2.23. The number of nitrogens with zero attached hydrogens (tertiary/aromatic N) is 1. The number of anilines is 1. The van der Waals surface area contributed by atoms with Crippen molar-refractivity contribution < 1.29 is 8.42 Å². The number of nitrogens with one attached hydrogen (secondary N) is 2. The van der Waals surface area contributed by atoms with Crippen LogP contribution >= 0.6 is 0 Å². The van der Waals surface area contributed by atoms with Crippen LogP contribution in [0.2, 0.25) is 0 Å². The molecule has 1 heterocycles. The van der Waals surface area contributed by atoms with E-state index in [-0.39, 0.29) is 0 Å². The first-order chi connectivity index (χ1) is 8.15. The lowest BCUT2D eigenvalue weighted by molar-refractivity contribution is 0.577. The molecule has 1 aromatic carbocycles. The molecule has 17 heavy (non-hydrogen) atoms. The van der Waals surface area contributed by atoms with Gasteiger partial charge in [-0.2, -0.15) is 13.1 Å². The van der Waals surface area contributed by atoms with Crippen LogP contribution in [-0.4, -0.2) is 28.1 Å². The lowest BCUT2D eigenvalue weighted by Crippen LogP contribution is -2.42. The molecule has 1 aliphatic heterocycles. The van der Waals surface area contributed by atoms with Crippen molar-refractivity contribution in [3.05, 3.63) is 29.8 Å². The van der Waals surface area contributed by atoms with Crippen molar-refractivity contribution in [1.29, 1.82) is 0 Å². The van der Waals surface area contributed by atoms with Gasteiger partial charge in [0.2, 0.25) is 0 Å². The van der Waals surface area contributed by atoms with E-state index in [1.165, 1.54) is 4.31 Å². The molecule has 5 nitrogen and oxygen atoms in total. The minimum atomic E-state index is -3.43. The van der Waals surface area contributed by atoms with E-state index in [1.54, 1.807) is 6.92 Å². The van der Waals surface area contributed by atoms with Crippen molar-refractivity contribution in [2.75, 3.05) is 23.9 Å². The van der Waals surface area contributed by atoms with Crippen LogP contribution in [0.15, 0.2) is 24.3 Å². The molecule has 2 rings (SSSR count). The maximum absolute atomic E-state index is 12.1. The van der Waals surface area contributed by atoms with Gasteiger partial charge in [0.25, 0.3) is 0 Å². The van der Waals surface area contributed by atoms with Crippen LogP contribution in [-0.2, 0) is 16.8 Å². The van der Waals surface area contributed by atoms with Crippen LogP contribution in [0.5, 0.6) is 0 Å². The van der Waals surface area contributed by atoms with Crippen LogP contribution in [0.25, 0.3) is 0 Å². The summed E-state index contributed by atoms with van der Waals surface area (Å²) in [7, 11) is -3.43. The zero-order chi connectivity index (χ0) is 12.3. The molecule has 0 unspecified atom stereocenters. The van der Waals surface area contributed by atoms with Crippen molar-refractivity contribution >= 4 is 15.9 Å². The van der Waals surface area contributed by atoms with Gasteiger partial charge < -0.3 is 5.32 Å². The first-order valence-electron chi connectivity index (χ1n) is 5.71. The Kier molecular flexibility index (Phi) is 3.66. The van der Waals surface area contributed by atoms with Crippen LogP contribution in [0.4, 0.5) is 5.69 Å². The van der Waals surface area contributed by atoms with Gasteiger partial charge in [-0.15, -0.1) is 0 Å². The third kappa shape index (κ3) is 2.59. The maximum Gasteiger partial charge on any atom is 0.301 e. The largest absolute Gasteiger partial charge is 0.311 e. The Balaban J connectivity index is 2.41. The third-order valence-electron chi connectivity index (χ3n) is 2.68. The van der Waals surface area contributed by atoms with Crippen LogP contribution in [0.3, 0.4) is 0 Å². The highest BCUT2D eigenvalue weighted by Crippen LogP contribution is 2.23. The van der Waals surface area contributed by atoms with Gasteiger partial charge in [0, 0.05) is 26.2 Å². The van der Waals surface area contributed by atoms with Gasteiger partial charge in [0.05, 0.1) is 5.69 Å². The third-order valence-corrected chi connectivity index (χ3v) is 4.30. The van der Waals surface area contributed by atoms with E-state index < -0.39 is 10.2 Å². The molecular weight excluding hydrogens is 238 g/mol. The van der Waals surface area contributed by atoms with Crippen LogP contribution in [0, 0.1) is 0 Å². The minimum absolute atomic E-state index is 0.397. The quantitative estimate of drug-likeness (QED) is 0.824. The fourth-order valence-electron chi connectivity index (χ4n) is 1.94. The Morgan fingerprint density at radius 1 is 1.41 bits per heavy atom. The summed E-state index contributed by atoms with van der Waals surface area (Å²) in [6.45, 7) is 3.98. The highest BCUT2D eigenvalue weighted by atomic mass is 32.2. The van der Waals surface area contributed by atoms with Gasteiger partial charge in [-0.05, 0) is 11.6 Å². The molecule has 1 aliphatic rings. The number of para-hydroxylation sites is 1. The Labute approximate surface area is 102 Å². The smallest absolute Gasteiger partial charge is 0.301 e. The van der Waals surface area contributed by atoms with Gasteiger partial charge in [-0.3, -0.25) is 4.31 Å². The van der Waals surface area contributed by atoms with E-state index in [9.17, 15) is 8.42 Å². The molecule has 0 aliphatic carbocycles. The highest BCUT2D eigenvalue weighted by Gasteiger charge is 2.24. The molecule has 0 spiro atoms. The first-order valence-corrected chi connectivity index (χ1v) is 7.15. The van der Waals surface area contributed by atoms with Gasteiger partial charge >= 0.3 is 10.2 Å². The average molecular weight is 255 g/mol. The Morgan fingerprint density at radius 2 is 2.18 bits per heavy atom. The van der Waals surface area contributed by atoms with Gasteiger partial charge in [-0.25, -0.2) is 0 Å². The molecule has 94 valence electrons. The summed E-state index contributed by atoms with van der Waals surface area (Å²) < 4.78 is 28.1. The van der Waals surface area contributed by atoms with Crippen molar-refractivity contribution in [3.63, 3.8) is 0 Å². The van der Waals surface area contributed by atoms with E-state index in [4.69, 9.17) is 0 Å². The molecule has 6 heteroatoms. The normalized spacial score (nSPS) is 16.4. The van der Waals surface area contributed by atoms with E-state index in [0.29, 0.717) is 26.2 Å². The summed E-state index contributed by atoms with van der Waals surface area (Å²) in [4.78, 5) is 0. The second-order valence-corrected chi connectivity index (χ2v) is 5.56. The summed E-state index contributed by atoms with van der Waals surface area (Å²) >= 11 is 0. The van der Waals surface area contributed by atoms with Crippen molar-refractivity contribution in [3.8, 4) is 0 Å². The van der Waals surface area contributed by atoms with E-state index in [1.807, 2.05) is 24.3 Å². The Bertz CT molecular complexity index is 487. The summed E-state index contributed by atoms with van der Waals surface area (Å²) in [5.74, 6) is 0. The summed E-state index contributed by atoms with van der Waals surface area (Å²) in [6, 6.07) is 7.57. The molecule has 0 fully saturated rings. The van der Waals surface area contributed by atoms with Gasteiger partial charge in [-0.1, -0.05) is 25.1 Å². The average Bonchev–Trinajstić information content (AvgIpc) is 2.51. The number of benzene rings is 1. The van der Waals surface area contributed by atoms with Gasteiger partial charge in [0.15, 0.2) is 0 Å². The molecular formula is C11H17N3O2S. The second kappa shape index (κ2) is 5.03. The number of rotatable bonds is 3. The van der Waals surface area contributed by atoms with Crippen molar-refractivity contribution in [2.24, 2.45) is 0 Å². The predicted molar refractivity (Wildman–Crippen MR) is 68.1 cm³/mol. The fourth-order valence-corrected chi connectivity index (χ4v) is 3.23. The molecule has 0 saturated heterocycles. The SMILES string of the molecule is CCNS(=O)(=O)N1CCNCc2ccccc21. The molecule has 0 bridgehead atoms. The van der Waals surface area contributed by atoms with E-state index in [2.05, 4.69) is 10.0 Å². The van der Waals surface area contributed by atoms with Crippen LogP contribution < -0.4 is 14.3 Å². The number of fused-ring (bicyclic) bond motifs is 1. The second-order valence-electron chi connectivity index (χ2n) is 3.88. The zero-order valence-electron chi connectivity index (χ0n) is 9.81. The summed E-state index contributed by atoms with van der Waals surface area (Å²) in [5.41, 5.74) is 1.77. The predicted octanol–water partition coefficient (Wildman–Crippen LogP) is 0.451. The Morgan fingerprint density at radius 3 is 2.94 bits per heavy atom. The van der Waals surface area contributed by atoms with Crippen molar-refractivity contribution in [1.82, 2.24) is 10.0 Å². The molecule has 1 aromatic rings. The zero-order valence-corrected chi connectivity index (χ0v) is 10.6. The molecule has 0 atom stereocenters. The summed E-state index contributed by atoms with van der Waals surface area (Å²) in [6.07, 6.45) is 0. The number of hydrogen-bond acceptors (Lipinski definition) is 3. The molecule has 0 amide bonds. The van der Waals surface area contributed by atoms with E-state index in [0.717, 1.165) is 11.3 Å². The lowest BCUT2D eigenvalue weighted by atomic mass is 10.2. The maximum atomic E-state index is 12.1. The summed E-state index contributed by atoms with van der Waals surface area (Å²) in [5, 5.41) is 3.21. The topological polar surface area (TPSA) is 61.4 Å². The number of hydrogen-bond donors (Lipinski definition) is 2. The molecule has 0 saturated carbocycles. The monoisotopic (exact) mass is 255 g/mol. The minimum Gasteiger partial charge on any atom is -0.311 e. The Hall–Kier alpha value is -1.11. The van der Waals surface area contributed by atoms with Crippen LogP contribution in [0.1, 0.15) is 12.5 Å². The molecule has 0 aromatic heterocycles. The standard InChI is InChI=1S/C11H17N3O2S/c1-2-13-17(15,16)14-8-7-12-9-10-5-3-4-6-11(10)14/h3-6,12-13H,2,7-9H2,1H3. The van der Waals surface area contributed by atoms with Gasteiger partial charge in [0.1, 0.15) is 0 Å². The fraction of sp³-hybridized carbons (Fsp3) is 0.455. The molecule has 0 radical (unpaired) electrons.